The second kappa shape index (κ2) is 7.13. The Hall–Kier alpha value is -0.570. The third kappa shape index (κ3) is 4.27. The molecule has 1 aliphatic rings. The highest BCUT2D eigenvalue weighted by Crippen LogP contribution is 2.23. The van der Waals surface area contributed by atoms with Crippen LogP contribution in [0, 0.1) is 5.92 Å². The van der Waals surface area contributed by atoms with Gasteiger partial charge < -0.3 is 10.6 Å². The zero-order chi connectivity index (χ0) is 13.6. The summed E-state index contributed by atoms with van der Waals surface area (Å²) in [6.45, 7) is 8.15. The van der Waals surface area contributed by atoms with Gasteiger partial charge in [0.15, 0.2) is 0 Å². The number of amides is 1. The topological polar surface area (TPSA) is 46.3 Å². The third-order valence-electron chi connectivity index (χ3n) is 4.10. The van der Waals surface area contributed by atoms with E-state index in [1.54, 1.807) is 0 Å². The molecule has 0 spiro atoms. The Labute approximate surface area is 112 Å². The van der Waals surface area contributed by atoms with Crippen LogP contribution in [0.3, 0.4) is 0 Å². The predicted molar refractivity (Wildman–Crippen MR) is 76.3 cm³/mol. The van der Waals surface area contributed by atoms with Crippen molar-refractivity contribution in [2.75, 3.05) is 13.1 Å². The molecule has 3 heteroatoms. The molecule has 106 valence electrons. The van der Waals surface area contributed by atoms with Crippen molar-refractivity contribution < 1.29 is 4.79 Å². The lowest BCUT2D eigenvalue weighted by Gasteiger charge is -2.37. The van der Waals surface area contributed by atoms with Gasteiger partial charge in [0.25, 0.3) is 0 Å². The predicted octanol–water partition coefficient (Wildman–Crippen LogP) is 2.93. The molecule has 2 N–H and O–H groups in total. The molecule has 0 aromatic carbocycles. The minimum atomic E-state index is -0.622. The fourth-order valence-electron chi connectivity index (χ4n) is 3.01. The summed E-state index contributed by atoms with van der Waals surface area (Å²) in [5.41, 5.74) is 5.42. The highest BCUT2D eigenvalue weighted by atomic mass is 16.2. The summed E-state index contributed by atoms with van der Waals surface area (Å²) in [5, 5.41) is 0. The van der Waals surface area contributed by atoms with Crippen molar-refractivity contribution in [3.63, 3.8) is 0 Å². The average Bonchev–Trinajstić information content (AvgIpc) is 2.31. The maximum atomic E-state index is 12.2. The summed E-state index contributed by atoms with van der Waals surface area (Å²) in [7, 11) is 0. The normalized spacial score (nSPS) is 24.9. The summed E-state index contributed by atoms with van der Waals surface area (Å²) >= 11 is 0. The Bertz CT molecular complexity index is 257. The maximum absolute atomic E-state index is 12.2. The van der Waals surface area contributed by atoms with Crippen LogP contribution in [0.1, 0.15) is 65.7 Å². The first-order chi connectivity index (χ1) is 8.51. The van der Waals surface area contributed by atoms with Gasteiger partial charge in [0.2, 0.25) is 5.91 Å². The molecule has 0 aliphatic carbocycles. The molecule has 0 bridgehead atoms. The fourth-order valence-corrected chi connectivity index (χ4v) is 3.01. The van der Waals surface area contributed by atoms with Crippen LogP contribution in [0.15, 0.2) is 0 Å². The van der Waals surface area contributed by atoms with E-state index in [9.17, 15) is 4.79 Å². The van der Waals surface area contributed by atoms with Crippen LogP contribution >= 0.6 is 0 Å². The smallest absolute Gasteiger partial charge is 0.242 e. The molecular formula is C15H30N2O. The molecular weight excluding hydrogens is 224 g/mol. The van der Waals surface area contributed by atoms with Crippen molar-refractivity contribution in [2.45, 2.75) is 71.3 Å². The van der Waals surface area contributed by atoms with Gasteiger partial charge in [0, 0.05) is 13.1 Å². The quantitative estimate of drug-likeness (QED) is 0.759. The Balaban J connectivity index is 2.43. The first kappa shape index (κ1) is 15.5. The van der Waals surface area contributed by atoms with Crippen molar-refractivity contribution in [1.82, 2.24) is 4.90 Å². The van der Waals surface area contributed by atoms with Crippen LogP contribution in [0.4, 0.5) is 0 Å². The monoisotopic (exact) mass is 254 g/mol. The Kier molecular flexibility index (Phi) is 6.13. The van der Waals surface area contributed by atoms with Gasteiger partial charge in [-0.15, -0.1) is 0 Å². The van der Waals surface area contributed by atoms with Crippen LogP contribution in [0.25, 0.3) is 0 Å². The lowest BCUT2D eigenvalue weighted by molar-refractivity contribution is -0.139. The van der Waals surface area contributed by atoms with Crippen LogP contribution in [0.5, 0.6) is 0 Å². The van der Waals surface area contributed by atoms with E-state index in [-0.39, 0.29) is 5.91 Å². The van der Waals surface area contributed by atoms with Gasteiger partial charge in [0.1, 0.15) is 0 Å². The Morgan fingerprint density at radius 3 is 2.44 bits per heavy atom. The lowest BCUT2D eigenvalue weighted by Crippen LogP contribution is -2.57. The molecule has 0 saturated carbocycles. The highest BCUT2D eigenvalue weighted by molar-refractivity contribution is 5.86. The van der Waals surface area contributed by atoms with Crippen molar-refractivity contribution in [3.8, 4) is 0 Å². The van der Waals surface area contributed by atoms with E-state index in [0.29, 0.717) is 0 Å². The molecule has 1 amide bonds. The minimum Gasteiger partial charge on any atom is -0.341 e. The number of carbonyl (C=O) groups is 1. The summed E-state index contributed by atoms with van der Waals surface area (Å²) in [5.74, 6) is 0.930. The largest absolute Gasteiger partial charge is 0.341 e. The molecule has 0 radical (unpaired) electrons. The molecule has 1 fully saturated rings. The van der Waals surface area contributed by atoms with Gasteiger partial charge in [-0.05, 0) is 32.1 Å². The van der Waals surface area contributed by atoms with E-state index in [4.69, 9.17) is 5.73 Å². The van der Waals surface area contributed by atoms with Crippen LogP contribution < -0.4 is 5.73 Å². The van der Waals surface area contributed by atoms with E-state index in [1.165, 1.54) is 25.7 Å². The average molecular weight is 254 g/mol. The first-order valence-electron chi connectivity index (χ1n) is 7.59. The number of nitrogens with two attached hydrogens (primary N) is 1. The highest BCUT2D eigenvalue weighted by Gasteiger charge is 2.35. The summed E-state index contributed by atoms with van der Waals surface area (Å²) in [6.07, 6.45) is 8.08. The van der Waals surface area contributed by atoms with E-state index in [2.05, 4.69) is 13.8 Å². The molecule has 3 nitrogen and oxygen atoms in total. The molecule has 1 aliphatic heterocycles. The first-order valence-corrected chi connectivity index (χ1v) is 7.59. The number of hydrogen-bond donors (Lipinski definition) is 1. The summed E-state index contributed by atoms with van der Waals surface area (Å²) < 4.78 is 0. The van der Waals surface area contributed by atoms with E-state index in [0.717, 1.165) is 38.3 Å². The van der Waals surface area contributed by atoms with Gasteiger partial charge in [-0.25, -0.2) is 0 Å². The number of likely N-dealkylation sites (tertiary alicyclic amines) is 1. The van der Waals surface area contributed by atoms with Crippen molar-refractivity contribution in [3.05, 3.63) is 0 Å². The molecule has 0 unspecified atom stereocenters. The van der Waals surface area contributed by atoms with Crippen LogP contribution in [-0.2, 0) is 4.79 Å². The second-order valence-electron chi connectivity index (χ2n) is 6.05. The maximum Gasteiger partial charge on any atom is 0.242 e. The van der Waals surface area contributed by atoms with Crippen molar-refractivity contribution >= 4 is 5.91 Å². The summed E-state index contributed by atoms with van der Waals surface area (Å²) in [4.78, 5) is 14.2. The zero-order valence-electron chi connectivity index (χ0n) is 12.4. The number of carbonyl (C=O) groups excluding carboxylic acids is 1. The van der Waals surface area contributed by atoms with Gasteiger partial charge in [-0.2, -0.15) is 0 Å². The molecule has 18 heavy (non-hydrogen) atoms. The third-order valence-corrected chi connectivity index (χ3v) is 4.10. The van der Waals surface area contributed by atoms with Crippen molar-refractivity contribution in [1.29, 1.82) is 0 Å². The summed E-state index contributed by atoms with van der Waals surface area (Å²) in [6, 6.07) is 0. The molecule has 0 aromatic rings. The number of piperidine rings is 1. The minimum absolute atomic E-state index is 0.153. The molecule has 1 saturated heterocycles. The number of nitrogens with zero attached hydrogens (tertiary/aromatic N) is 1. The van der Waals surface area contributed by atoms with E-state index in [1.807, 2.05) is 11.8 Å². The number of rotatable bonds is 7. The molecule has 1 heterocycles. The van der Waals surface area contributed by atoms with Gasteiger partial charge in [0.05, 0.1) is 5.54 Å². The fraction of sp³-hybridized carbons (Fsp3) is 0.933. The Morgan fingerprint density at radius 2 is 1.89 bits per heavy atom. The van der Waals surface area contributed by atoms with Crippen LogP contribution in [0.2, 0.25) is 0 Å². The second-order valence-corrected chi connectivity index (χ2v) is 6.05. The number of hydrogen-bond acceptors (Lipinski definition) is 2. The SMILES string of the molecule is CCCC(CCC)CCN1CCC[C@@](C)(N)C1=O. The molecule has 0 aromatic heterocycles. The van der Waals surface area contributed by atoms with Crippen LogP contribution in [-0.4, -0.2) is 29.4 Å². The molecule has 1 atom stereocenters. The van der Waals surface area contributed by atoms with Gasteiger partial charge >= 0.3 is 0 Å². The van der Waals surface area contributed by atoms with Gasteiger partial charge in [-0.3, -0.25) is 4.79 Å². The lowest BCUT2D eigenvalue weighted by atomic mass is 9.90. The standard InChI is InChI=1S/C15H30N2O/c1-4-7-13(8-5-2)9-12-17-11-6-10-15(3,16)14(17)18/h13H,4-12,16H2,1-3H3/t15-/m1/s1. The van der Waals surface area contributed by atoms with E-state index < -0.39 is 5.54 Å². The zero-order valence-corrected chi connectivity index (χ0v) is 12.4. The van der Waals surface area contributed by atoms with Crippen molar-refractivity contribution in [2.24, 2.45) is 11.7 Å². The van der Waals surface area contributed by atoms with Gasteiger partial charge in [-0.1, -0.05) is 39.5 Å². The van der Waals surface area contributed by atoms with E-state index >= 15 is 0 Å². The molecule has 1 rings (SSSR count). The Morgan fingerprint density at radius 1 is 1.28 bits per heavy atom.